The van der Waals surface area contributed by atoms with Crippen LogP contribution >= 0.6 is 0 Å². The predicted octanol–water partition coefficient (Wildman–Crippen LogP) is 7.65. The number of amides is 1. The summed E-state index contributed by atoms with van der Waals surface area (Å²) >= 11 is 0. The normalized spacial score (nSPS) is 47.3. The molecule has 4 rings (SSSR count). The van der Waals surface area contributed by atoms with E-state index in [2.05, 4.69) is 34.6 Å². The van der Waals surface area contributed by atoms with Gasteiger partial charge in [-0.2, -0.15) is 0 Å². The van der Waals surface area contributed by atoms with E-state index in [1.165, 1.54) is 19.3 Å². The number of cyclic esters (lactones) is 1. The highest BCUT2D eigenvalue weighted by Crippen LogP contribution is 2.59. The Labute approximate surface area is 314 Å². The van der Waals surface area contributed by atoms with Crippen LogP contribution in [0.1, 0.15) is 140 Å². The van der Waals surface area contributed by atoms with Crippen molar-refractivity contribution in [1.82, 2.24) is 0 Å². The zero-order valence-electron chi connectivity index (χ0n) is 34.5. The van der Waals surface area contributed by atoms with Crippen LogP contribution in [0, 0.1) is 52.8 Å². The molecule has 2 heterocycles. The Morgan fingerprint density at radius 3 is 2.08 bits per heavy atom. The van der Waals surface area contributed by atoms with Crippen LogP contribution in [0.15, 0.2) is 0 Å². The number of carbonyl (C=O) groups is 3. The Morgan fingerprint density at radius 1 is 0.904 bits per heavy atom. The van der Waals surface area contributed by atoms with Crippen molar-refractivity contribution >= 4 is 17.8 Å². The van der Waals surface area contributed by atoms with Crippen molar-refractivity contribution in [2.75, 3.05) is 14.2 Å². The number of primary amides is 1. The molecule has 2 saturated carbocycles. The van der Waals surface area contributed by atoms with Crippen LogP contribution in [-0.4, -0.2) is 78.4 Å². The van der Waals surface area contributed by atoms with Gasteiger partial charge in [-0.25, -0.2) is 4.79 Å². The summed E-state index contributed by atoms with van der Waals surface area (Å²) in [6.07, 6.45) is 5.73. The van der Waals surface area contributed by atoms with Crippen molar-refractivity contribution < 1.29 is 43.2 Å². The number of esters is 1. The van der Waals surface area contributed by atoms with Crippen LogP contribution in [0.25, 0.3) is 0 Å². The molecule has 2 aliphatic heterocycles. The molecule has 2 aliphatic carbocycles. The second-order valence-electron chi connectivity index (χ2n) is 18.3. The highest BCUT2D eigenvalue weighted by molar-refractivity contribution is 5.87. The summed E-state index contributed by atoms with van der Waals surface area (Å²) < 4.78 is 31.5. The van der Waals surface area contributed by atoms with Gasteiger partial charge in [0.2, 0.25) is 0 Å². The summed E-state index contributed by atoms with van der Waals surface area (Å²) in [6, 6.07) is 0. The number of aliphatic hydroxyl groups excluding tert-OH is 1. The maximum absolute atomic E-state index is 15.3. The second-order valence-corrected chi connectivity index (χ2v) is 18.3. The Balaban J connectivity index is 1.89. The average Bonchev–Trinajstić information content (AvgIpc) is 3.44. The minimum absolute atomic E-state index is 0.105. The summed E-state index contributed by atoms with van der Waals surface area (Å²) in [6.45, 7) is 20.0. The fourth-order valence-electron chi connectivity index (χ4n) is 11.8. The summed E-state index contributed by atoms with van der Waals surface area (Å²) in [5.74, 6) is -1.65. The summed E-state index contributed by atoms with van der Waals surface area (Å²) in [7, 11) is 3.32. The minimum atomic E-state index is -1.25. The molecule has 2 unspecified atom stereocenters. The Hall–Kier alpha value is -1.75. The summed E-state index contributed by atoms with van der Waals surface area (Å²) in [5.41, 5.74) is 2.34. The second kappa shape index (κ2) is 16.5. The molecule has 3 N–H and O–H groups in total. The number of methoxy groups -OCH3 is 2. The zero-order valence-corrected chi connectivity index (χ0v) is 34.5. The highest BCUT2D eigenvalue weighted by atomic mass is 16.6. The van der Waals surface area contributed by atoms with E-state index >= 15 is 4.79 Å². The van der Waals surface area contributed by atoms with E-state index < -0.39 is 64.6 Å². The van der Waals surface area contributed by atoms with Crippen molar-refractivity contribution in [3.63, 3.8) is 0 Å². The fraction of sp³-hybridized carbons (Fsp3) is 0.929. The number of fused-ring (bicyclic) bond motifs is 2. The molecular formula is C42H73NO9. The molecule has 4 fully saturated rings. The largest absolute Gasteiger partial charge is 0.458 e. The first kappa shape index (κ1) is 43.0. The van der Waals surface area contributed by atoms with Gasteiger partial charge in [-0.15, -0.1) is 0 Å². The fourth-order valence-corrected chi connectivity index (χ4v) is 11.8. The highest BCUT2D eigenvalue weighted by Gasteiger charge is 2.61. The van der Waals surface area contributed by atoms with Crippen LogP contribution in [0.2, 0.25) is 0 Å². The van der Waals surface area contributed by atoms with E-state index in [4.69, 9.17) is 29.4 Å². The molecule has 10 heteroatoms. The SMILES string of the molecule is CC[C@H]1OC(=O)[C@H](C)[C@@H](C2C[C@@](C)(OC)[C@@H](O)[C@H](C)O2)[C@H](C)[C@@H](C)[C@](C)(OC)C[C@@H](C)C(=O)C2(CC3CCCCC3)CC[C@H]([C@H]2C)[C@]1(C)OC(N)=O. The Bertz CT molecular complexity index is 1260. The lowest BCUT2D eigenvalue weighted by Gasteiger charge is -2.50. The molecule has 2 saturated heterocycles. The van der Waals surface area contributed by atoms with Gasteiger partial charge in [0, 0.05) is 43.8 Å². The third kappa shape index (κ3) is 7.97. The number of hydrogen-bond donors (Lipinski definition) is 2. The number of carbonyl (C=O) groups excluding carboxylic acids is 3. The van der Waals surface area contributed by atoms with Crippen molar-refractivity contribution in [2.24, 2.45) is 58.5 Å². The van der Waals surface area contributed by atoms with Gasteiger partial charge in [-0.05, 0) is 83.5 Å². The number of Topliss-reactive ketones (excluding diaryl/α,β-unsaturated/α-hetero) is 1. The molecule has 0 aromatic rings. The number of aliphatic hydroxyl groups is 1. The maximum Gasteiger partial charge on any atom is 0.405 e. The molecule has 10 nitrogen and oxygen atoms in total. The van der Waals surface area contributed by atoms with E-state index in [0.29, 0.717) is 38.0 Å². The molecule has 0 spiro atoms. The number of rotatable bonds is 7. The standard InChI is InChI=1S/C42H73NO9/c1-13-33-41(10,52-38(43)47)31-19-20-42(28(31)6,22-30-17-15-14-16-18-30)35(44)24(2)21-39(8,48-11)27(5)25(3)34(26(4)37(46)51-33)32-23-40(9,49-12)36(45)29(7)50-32/h24-34,36,45H,13-23H2,1-12H3,(H2,43,47)/t24-,25-,26-,27-,28-,29+,31-,32?,33-,34+,36+,39-,40-,41+,42?/m1/s1. The molecule has 0 radical (unpaired) electrons. The van der Waals surface area contributed by atoms with Gasteiger partial charge >= 0.3 is 12.1 Å². The first-order chi connectivity index (χ1) is 24.2. The minimum Gasteiger partial charge on any atom is -0.458 e. The van der Waals surface area contributed by atoms with E-state index in [-0.39, 0.29) is 41.3 Å². The van der Waals surface area contributed by atoms with Gasteiger partial charge in [0.05, 0.1) is 29.3 Å². The van der Waals surface area contributed by atoms with Crippen molar-refractivity contribution in [1.29, 1.82) is 0 Å². The predicted molar refractivity (Wildman–Crippen MR) is 200 cm³/mol. The van der Waals surface area contributed by atoms with Gasteiger partial charge in [0.1, 0.15) is 18.0 Å². The van der Waals surface area contributed by atoms with Crippen LogP contribution in [0.5, 0.6) is 0 Å². The number of ketones is 1. The van der Waals surface area contributed by atoms with E-state index in [1.54, 1.807) is 14.2 Å². The molecule has 300 valence electrons. The Kier molecular flexibility index (Phi) is 13.7. The van der Waals surface area contributed by atoms with Crippen molar-refractivity contribution in [3.8, 4) is 0 Å². The van der Waals surface area contributed by atoms with Crippen LogP contribution < -0.4 is 5.73 Å². The first-order valence-corrected chi connectivity index (χ1v) is 20.4. The van der Waals surface area contributed by atoms with Crippen LogP contribution in [-0.2, 0) is 33.3 Å². The van der Waals surface area contributed by atoms with Crippen LogP contribution in [0.3, 0.4) is 0 Å². The lowest BCUT2D eigenvalue weighted by Crippen LogP contribution is -2.59. The molecular weight excluding hydrogens is 662 g/mol. The molecule has 0 aromatic heterocycles. The number of hydrogen-bond acceptors (Lipinski definition) is 9. The lowest BCUT2D eigenvalue weighted by molar-refractivity contribution is -0.236. The maximum atomic E-state index is 15.3. The third-order valence-corrected chi connectivity index (χ3v) is 15.5. The lowest BCUT2D eigenvalue weighted by atomic mass is 9.60. The van der Waals surface area contributed by atoms with Gasteiger partial charge in [0.15, 0.2) is 5.60 Å². The molecule has 4 aliphatic rings. The molecule has 1 amide bonds. The first-order valence-electron chi connectivity index (χ1n) is 20.4. The molecule has 15 atom stereocenters. The monoisotopic (exact) mass is 736 g/mol. The number of ether oxygens (including phenoxy) is 5. The quantitative estimate of drug-likeness (QED) is 0.252. The average molecular weight is 736 g/mol. The van der Waals surface area contributed by atoms with E-state index in [0.717, 1.165) is 19.3 Å². The summed E-state index contributed by atoms with van der Waals surface area (Å²) in [4.78, 5) is 42.6. The van der Waals surface area contributed by atoms with Gasteiger partial charge in [0.25, 0.3) is 0 Å². The smallest absolute Gasteiger partial charge is 0.405 e. The van der Waals surface area contributed by atoms with Crippen LogP contribution in [0.4, 0.5) is 4.79 Å². The topological polar surface area (TPSA) is 144 Å². The van der Waals surface area contributed by atoms with E-state index in [1.807, 2.05) is 34.6 Å². The van der Waals surface area contributed by atoms with Crippen molar-refractivity contribution in [2.45, 2.75) is 181 Å². The van der Waals surface area contributed by atoms with Gasteiger partial charge in [-0.1, -0.05) is 73.6 Å². The number of nitrogens with two attached hydrogens (primary N) is 1. The molecule has 2 bridgehead atoms. The summed E-state index contributed by atoms with van der Waals surface area (Å²) in [5, 5.41) is 11.1. The molecule has 0 aromatic carbocycles. The zero-order chi connectivity index (χ0) is 39.0. The van der Waals surface area contributed by atoms with Gasteiger partial charge in [-0.3, -0.25) is 9.59 Å². The molecule has 52 heavy (non-hydrogen) atoms. The third-order valence-electron chi connectivity index (χ3n) is 15.5. The van der Waals surface area contributed by atoms with Gasteiger partial charge < -0.3 is 34.5 Å². The van der Waals surface area contributed by atoms with Crippen molar-refractivity contribution in [3.05, 3.63) is 0 Å². The Morgan fingerprint density at radius 2 is 1.52 bits per heavy atom. The van der Waals surface area contributed by atoms with E-state index in [9.17, 15) is 14.7 Å².